The third-order valence-electron chi connectivity index (χ3n) is 4.99. The molecule has 0 aromatic carbocycles. The van der Waals surface area contributed by atoms with Crippen LogP contribution >= 0.6 is 0 Å². The molecule has 112 valence electrons. The number of nitrogens with zero attached hydrogens (tertiary/aromatic N) is 2. The van der Waals surface area contributed by atoms with Crippen molar-refractivity contribution in [2.45, 2.75) is 70.4 Å². The second-order valence-electron chi connectivity index (χ2n) is 6.55. The first-order valence-corrected chi connectivity index (χ1v) is 8.45. The molecule has 1 saturated heterocycles. The molecule has 0 bridgehead atoms. The molecular formula is C16H33N3. The fraction of sp³-hybridized carbons (Fsp3) is 1.00. The van der Waals surface area contributed by atoms with E-state index >= 15 is 0 Å². The van der Waals surface area contributed by atoms with Crippen LogP contribution in [0.5, 0.6) is 0 Å². The highest BCUT2D eigenvalue weighted by Gasteiger charge is 2.43. The Morgan fingerprint density at radius 1 is 1.16 bits per heavy atom. The minimum Gasteiger partial charge on any atom is -0.329 e. The van der Waals surface area contributed by atoms with Gasteiger partial charge in [-0.25, -0.2) is 0 Å². The highest BCUT2D eigenvalue weighted by atomic mass is 15.3. The lowest BCUT2D eigenvalue weighted by atomic mass is 9.88. The first kappa shape index (κ1) is 15.3. The van der Waals surface area contributed by atoms with E-state index in [0.717, 1.165) is 12.6 Å². The Morgan fingerprint density at radius 2 is 1.95 bits per heavy atom. The molecule has 0 aromatic rings. The molecule has 1 unspecified atom stereocenters. The zero-order valence-corrected chi connectivity index (χ0v) is 13.0. The quantitative estimate of drug-likeness (QED) is 0.769. The van der Waals surface area contributed by atoms with E-state index in [-0.39, 0.29) is 0 Å². The summed E-state index contributed by atoms with van der Waals surface area (Å²) in [6, 6.07) is 0.848. The van der Waals surface area contributed by atoms with Crippen LogP contribution in [0, 0.1) is 0 Å². The van der Waals surface area contributed by atoms with Gasteiger partial charge in [0.1, 0.15) is 0 Å². The second-order valence-corrected chi connectivity index (χ2v) is 6.55. The molecule has 0 radical (unpaired) electrons. The topological polar surface area (TPSA) is 32.5 Å². The van der Waals surface area contributed by atoms with Crippen LogP contribution in [-0.2, 0) is 0 Å². The largest absolute Gasteiger partial charge is 0.329 e. The lowest BCUT2D eigenvalue weighted by Gasteiger charge is -2.43. The summed E-state index contributed by atoms with van der Waals surface area (Å²) >= 11 is 0. The average Bonchev–Trinajstić information content (AvgIpc) is 3.24. The number of hydrogen-bond acceptors (Lipinski definition) is 3. The van der Waals surface area contributed by atoms with Crippen LogP contribution in [-0.4, -0.2) is 54.1 Å². The second kappa shape index (κ2) is 7.05. The lowest BCUT2D eigenvalue weighted by Crippen LogP contribution is -2.55. The zero-order chi connectivity index (χ0) is 13.7. The predicted octanol–water partition coefficient (Wildman–Crippen LogP) is 2.45. The van der Waals surface area contributed by atoms with Crippen molar-refractivity contribution in [3.05, 3.63) is 0 Å². The van der Waals surface area contributed by atoms with Gasteiger partial charge < -0.3 is 10.6 Å². The van der Waals surface area contributed by atoms with Crippen LogP contribution in [0.3, 0.4) is 0 Å². The maximum atomic E-state index is 6.26. The fourth-order valence-corrected chi connectivity index (χ4v) is 3.82. The number of nitrogens with two attached hydrogens (primary N) is 1. The van der Waals surface area contributed by atoms with E-state index < -0.39 is 0 Å². The van der Waals surface area contributed by atoms with E-state index in [1.165, 1.54) is 71.1 Å². The number of rotatable bonds is 7. The normalized spacial score (nSPS) is 29.7. The van der Waals surface area contributed by atoms with Crippen molar-refractivity contribution in [2.24, 2.45) is 5.73 Å². The van der Waals surface area contributed by atoms with Gasteiger partial charge in [0, 0.05) is 18.1 Å². The van der Waals surface area contributed by atoms with Gasteiger partial charge in [-0.05, 0) is 71.1 Å². The molecule has 1 aliphatic heterocycles. The maximum Gasteiger partial charge on any atom is 0.0347 e. The van der Waals surface area contributed by atoms with Crippen LogP contribution in [0.4, 0.5) is 0 Å². The first-order chi connectivity index (χ1) is 9.25. The summed E-state index contributed by atoms with van der Waals surface area (Å²) in [5.74, 6) is 0. The van der Waals surface area contributed by atoms with Crippen molar-refractivity contribution in [1.82, 2.24) is 9.80 Å². The third-order valence-corrected chi connectivity index (χ3v) is 4.99. The minimum absolute atomic E-state index is 0.305. The molecular weight excluding hydrogens is 234 g/mol. The van der Waals surface area contributed by atoms with Crippen LogP contribution < -0.4 is 5.73 Å². The highest BCUT2D eigenvalue weighted by molar-refractivity contribution is 5.00. The highest BCUT2D eigenvalue weighted by Crippen LogP contribution is 2.38. The molecule has 19 heavy (non-hydrogen) atoms. The summed E-state index contributed by atoms with van der Waals surface area (Å²) in [6.45, 7) is 10.5. The predicted molar refractivity (Wildman–Crippen MR) is 82.4 cm³/mol. The SMILES string of the molecule is CCCN1CCCC(CN)(N(CCC)C2CC2)CC1. The van der Waals surface area contributed by atoms with E-state index in [0.29, 0.717) is 5.54 Å². The maximum absolute atomic E-state index is 6.26. The molecule has 2 N–H and O–H groups in total. The van der Waals surface area contributed by atoms with Crippen molar-refractivity contribution in [3.63, 3.8) is 0 Å². The molecule has 1 aliphatic carbocycles. The van der Waals surface area contributed by atoms with Crippen molar-refractivity contribution in [3.8, 4) is 0 Å². The van der Waals surface area contributed by atoms with Crippen molar-refractivity contribution in [1.29, 1.82) is 0 Å². The van der Waals surface area contributed by atoms with Crippen LogP contribution in [0.2, 0.25) is 0 Å². The average molecular weight is 267 g/mol. The summed E-state index contributed by atoms with van der Waals surface area (Å²) in [7, 11) is 0. The summed E-state index contributed by atoms with van der Waals surface area (Å²) < 4.78 is 0. The van der Waals surface area contributed by atoms with E-state index in [1.807, 2.05) is 0 Å². The molecule has 1 saturated carbocycles. The van der Waals surface area contributed by atoms with Gasteiger partial charge in [0.25, 0.3) is 0 Å². The van der Waals surface area contributed by atoms with Crippen LogP contribution in [0.25, 0.3) is 0 Å². The monoisotopic (exact) mass is 267 g/mol. The Labute approximate surface area is 119 Å². The van der Waals surface area contributed by atoms with Gasteiger partial charge in [0.2, 0.25) is 0 Å². The van der Waals surface area contributed by atoms with E-state index in [2.05, 4.69) is 23.6 Å². The summed E-state index contributed by atoms with van der Waals surface area (Å²) in [5, 5.41) is 0. The van der Waals surface area contributed by atoms with Gasteiger partial charge >= 0.3 is 0 Å². The van der Waals surface area contributed by atoms with Gasteiger partial charge in [0.05, 0.1) is 0 Å². The van der Waals surface area contributed by atoms with Gasteiger partial charge in [0.15, 0.2) is 0 Å². The zero-order valence-electron chi connectivity index (χ0n) is 13.0. The lowest BCUT2D eigenvalue weighted by molar-refractivity contribution is 0.0692. The van der Waals surface area contributed by atoms with Crippen molar-refractivity contribution < 1.29 is 0 Å². The first-order valence-electron chi connectivity index (χ1n) is 8.45. The van der Waals surface area contributed by atoms with E-state index in [9.17, 15) is 0 Å². The minimum atomic E-state index is 0.305. The molecule has 3 nitrogen and oxygen atoms in total. The molecule has 3 heteroatoms. The van der Waals surface area contributed by atoms with E-state index in [1.54, 1.807) is 0 Å². The van der Waals surface area contributed by atoms with Crippen molar-refractivity contribution >= 4 is 0 Å². The molecule has 2 aliphatic rings. The van der Waals surface area contributed by atoms with Crippen molar-refractivity contribution in [2.75, 3.05) is 32.7 Å². The van der Waals surface area contributed by atoms with Crippen LogP contribution in [0.1, 0.15) is 58.8 Å². The van der Waals surface area contributed by atoms with E-state index in [4.69, 9.17) is 5.73 Å². The van der Waals surface area contributed by atoms with Gasteiger partial charge in [-0.15, -0.1) is 0 Å². The molecule has 0 amide bonds. The Kier molecular flexibility index (Phi) is 5.67. The fourth-order valence-electron chi connectivity index (χ4n) is 3.82. The number of likely N-dealkylation sites (tertiary alicyclic amines) is 1. The smallest absolute Gasteiger partial charge is 0.0347 e. The van der Waals surface area contributed by atoms with Crippen LogP contribution in [0.15, 0.2) is 0 Å². The summed E-state index contributed by atoms with van der Waals surface area (Å²) in [4.78, 5) is 5.44. The van der Waals surface area contributed by atoms with Gasteiger partial charge in [-0.2, -0.15) is 0 Å². The molecule has 2 fully saturated rings. The van der Waals surface area contributed by atoms with Gasteiger partial charge in [-0.1, -0.05) is 13.8 Å². The Morgan fingerprint density at radius 3 is 2.53 bits per heavy atom. The molecule has 0 spiro atoms. The Bertz CT molecular complexity index is 265. The molecule has 0 aromatic heterocycles. The summed E-state index contributed by atoms with van der Waals surface area (Å²) in [5.41, 5.74) is 6.57. The number of hydrogen-bond donors (Lipinski definition) is 1. The summed E-state index contributed by atoms with van der Waals surface area (Å²) in [6.07, 6.45) is 9.25. The molecule has 2 rings (SSSR count). The Hall–Kier alpha value is -0.120. The third kappa shape index (κ3) is 3.71. The standard InChI is InChI=1S/C16H33N3/c1-3-10-18-12-5-8-16(14-17,9-13-18)19(11-4-2)15-6-7-15/h15H,3-14,17H2,1-2H3. The Balaban J connectivity index is 2.03. The van der Waals surface area contributed by atoms with Gasteiger partial charge in [-0.3, -0.25) is 4.90 Å². The molecule has 1 atom stereocenters. The molecule has 1 heterocycles.